The van der Waals surface area contributed by atoms with Crippen molar-refractivity contribution in [2.75, 3.05) is 5.32 Å². The smallest absolute Gasteiger partial charge is 0.227 e. The van der Waals surface area contributed by atoms with E-state index in [1.165, 1.54) is 0 Å². The molecule has 25 heavy (non-hydrogen) atoms. The Morgan fingerprint density at radius 3 is 2.20 bits per heavy atom. The van der Waals surface area contributed by atoms with Gasteiger partial charge in [-0.25, -0.2) is 0 Å². The summed E-state index contributed by atoms with van der Waals surface area (Å²) in [4.78, 5) is 24.8. The molecule has 0 aliphatic heterocycles. The molecule has 0 aromatic heterocycles. The van der Waals surface area contributed by atoms with Crippen LogP contribution in [0.1, 0.15) is 57.1 Å². The molecule has 2 amide bonds. The SMILES string of the molecule is CCC(C)NC(=O)C1CCC(C(=O)Nc2c(C)cc(C)cc2Cl)CC1. The molecule has 0 radical (unpaired) electrons. The molecule has 1 aliphatic rings. The fraction of sp³-hybridized carbons (Fsp3) is 0.600. The molecular formula is C20H29ClN2O2. The van der Waals surface area contributed by atoms with E-state index in [4.69, 9.17) is 11.6 Å². The highest BCUT2D eigenvalue weighted by molar-refractivity contribution is 6.34. The number of carbonyl (C=O) groups excluding carboxylic acids is 2. The van der Waals surface area contributed by atoms with Crippen molar-refractivity contribution in [2.24, 2.45) is 11.8 Å². The Kier molecular flexibility index (Phi) is 6.88. The first kappa shape index (κ1) is 19.8. The molecule has 1 aliphatic carbocycles. The molecule has 1 aromatic rings. The normalized spacial score (nSPS) is 21.5. The predicted molar refractivity (Wildman–Crippen MR) is 103 cm³/mol. The number of anilines is 1. The lowest BCUT2D eigenvalue weighted by Crippen LogP contribution is -2.39. The monoisotopic (exact) mass is 364 g/mol. The fourth-order valence-electron chi connectivity index (χ4n) is 3.38. The standard InChI is InChI=1S/C20H29ClN2O2/c1-5-14(4)22-19(24)15-6-8-16(9-7-15)20(25)23-18-13(3)10-12(2)11-17(18)21/h10-11,14-16H,5-9H2,1-4H3,(H,22,24)(H,23,25). The number of hydrogen-bond acceptors (Lipinski definition) is 2. The van der Waals surface area contributed by atoms with E-state index in [9.17, 15) is 9.59 Å². The molecule has 1 aromatic carbocycles. The maximum Gasteiger partial charge on any atom is 0.227 e. The average molecular weight is 365 g/mol. The van der Waals surface area contributed by atoms with Crippen LogP contribution < -0.4 is 10.6 Å². The highest BCUT2D eigenvalue weighted by atomic mass is 35.5. The van der Waals surface area contributed by atoms with E-state index >= 15 is 0 Å². The van der Waals surface area contributed by atoms with Crippen molar-refractivity contribution >= 4 is 29.1 Å². The highest BCUT2D eigenvalue weighted by Gasteiger charge is 2.30. The zero-order chi connectivity index (χ0) is 18.6. The van der Waals surface area contributed by atoms with Crippen LogP contribution in [0.4, 0.5) is 5.69 Å². The summed E-state index contributed by atoms with van der Waals surface area (Å²) in [6.07, 6.45) is 3.95. The summed E-state index contributed by atoms with van der Waals surface area (Å²) in [6.45, 7) is 8.01. The van der Waals surface area contributed by atoms with Crippen molar-refractivity contribution in [1.29, 1.82) is 0 Å². The van der Waals surface area contributed by atoms with E-state index in [2.05, 4.69) is 17.6 Å². The summed E-state index contributed by atoms with van der Waals surface area (Å²) >= 11 is 6.28. The number of amides is 2. The first-order chi connectivity index (χ1) is 11.8. The minimum Gasteiger partial charge on any atom is -0.353 e. The van der Waals surface area contributed by atoms with Crippen LogP contribution >= 0.6 is 11.6 Å². The molecule has 0 saturated heterocycles. The van der Waals surface area contributed by atoms with Gasteiger partial charge in [0, 0.05) is 17.9 Å². The molecule has 2 rings (SSSR count). The van der Waals surface area contributed by atoms with E-state index in [1.54, 1.807) is 0 Å². The van der Waals surface area contributed by atoms with Crippen LogP contribution in [0.25, 0.3) is 0 Å². The molecule has 0 bridgehead atoms. The van der Waals surface area contributed by atoms with Gasteiger partial charge in [-0.2, -0.15) is 0 Å². The van der Waals surface area contributed by atoms with Crippen molar-refractivity contribution in [3.05, 3.63) is 28.3 Å². The summed E-state index contributed by atoms with van der Waals surface area (Å²) in [7, 11) is 0. The zero-order valence-corrected chi connectivity index (χ0v) is 16.4. The maximum absolute atomic E-state index is 12.6. The Morgan fingerprint density at radius 2 is 1.68 bits per heavy atom. The zero-order valence-electron chi connectivity index (χ0n) is 15.6. The Morgan fingerprint density at radius 1 is 1.12 bits per heavy atom. The van der Waals surface area contributed by atoms with Gasteiger partial charge in [-0.05, 0) is 70.1 Å². The third-order valence-electron chi connectivity index (χ3n) is 5.15. The number of hydrogen-bond donors (Lipinski definition) is 2. The molecule has 138 valence electrons. The number of carbonyl (C=O) groups is 2. The van der Waals surface area contributed by atoms with Crippen LogP contribution in [0.15, 0.2) is 12.1 Å². The molecule has 0 heterocycles. The van der Waals surface area contributed by atoms with Crippen molar-refractivity contribution in [1.82, 2.24) is 5.32 Å². The molecule has 0 spiro atoms. The minimum atomic E-state index is -0.0515. The third-order valence-corrected chi connectivity index (χ3v) is 5.45. The van der Waals surface area contributed by atoms with Crippen LogP contribution in [0, 0.1) is 25.7 Å². The molecular weight excluding hydrogens is 336 g/mol. The minimum absolute atomic E-state index is 0.00892. The van der Waals surface area contributed by atoms with E-state index < -0.39 is 0 Å². The lowest BCUT2D eigenvalue weighted by Gasteiger charge is -2.28. The molecule has 2 N–H and O–H groups in total. The molecule has 1 unspecified atom stereocenters. The van der Waals surface area contributed by atoms with Gasteiger partial charge in [0.15, 0.2) is 0 Å². The van der Waals surface area contributed by atoms with Gasteiger partial charge >= 0.3 is 0 Å². The van der Waals surface area contributed by atoms with Crippen molar-refractivity contribution in [3.63, 3.8) is 0 Å². The molecule has 4 nitrogen and oxygen atoms in total. The number of halogens is 1. The van der Waals surface area contributed by atoms with Crippen molar-refractivity contribution < 1.29 is 9.59 Å². The summed E-state index contributed by atoms with van der Waals surface area (Å²) in [6, 6.07) is 4.08. The van der Waals surface area contributed by atoms with Crippen LogP contribution in [-0.2, 0) is 9.59 Å². The van der Waals surface area contributed by atoms with Crippen LogP contribution in [-0.4, -0.2) is 17.9 Å². The number of nitrogens with one attached hydrogen (secondary N) is 2. The maximum atomic E-state index is 12.6. The van der Waals surface area contributed by atoms with Gasteiger partial charge in [-0.15, -0.1) is 0 Å². The average Bonchev–Trinajstić information content (AvgIpc) is 2.57. The third kappa shape index (κ3) is 5.21. The second kappa shape index (κ2) is 8.70. The molecule has 1 fully saturated rings. The van der Waals surface area contributed by atoms with Gasteiger partial charge in [-0.3, -0.25) is 9.59 Å². The number of aryl methyl sites for hydroxylation is 2. The Hall–Kier alpha value is -1.55. The summed E-state index contributed by atoms with van der Waals surface area (Å²) in [5, 5.41) is 6.61. The lowest BCUT2D eigenvalue weighted by molar-refractivity contribution is -0.129. The highest BCUT2D eigenvalue weighted by Crippen LogP contribution is 2.32. The summed E-state index contributed by atoms with van der Waals surface area (Å²) in [5.74, 6) is 0.118. The van der Waals surface area contributed by atoms with Gasteiger partial charge in [0.1, 0.15) is 0 Å². The topological polar surface area (TPSA) is 58.2 Å². The van der Waals surface area contributed by atoms with Gasteiger partial charge in [-0.1, -0.05) is 24.6 Å². The number of benzene rings is 1. The second-order valence-corrected chi connectivity index (χ2v) is 7.70. The van der Waals surface area contributed by atoms with Crippen molar-refractivity contribution in [2.45, 2.75) is 65.8 Å². The van der Waals surface area contributed by atoms with E-state index in [0.29, 0.717) is 10.7 Å². The van der Waals surface area contributed by atoms with Gasteiger partial charge in [0.25, 0.3) is 0 Å². The molecule has 1 atom stereocenters. The van der Waals surface area contributed by atoms with E-state index in [0.717, 1.165) is 43.2 Å². The van der Waals surface area contributed by atoms with E-state index in [1.807, 2.05) is 32.9 Å². The van der Waals surface area contributed by atoms with Crippen LogP contribution in [0.2, 0.25) is 5.02 Å². The first-order valence-electron chi connectivity index (χ1n) is 9.19. The van der Waals surface area contributed by atoms with Gasteiger partial charge < -0.3 is 10.6 Å². The Labute approximate surface area is 155 Å². The summed E-state index contributed by atoms with van der Waals surface area (Å²) < 4.78 is 0. The van der Waals surface area contributed by atoms with Crippen LogP contribution in [0.5, 0.6) is 0 Å². The quantitative estimate of drug-likeness (QED) is 0.801. The van der Waals surface area contributed by atoms with Gasteiger partial charge in [0.2, 0.25) is 11.8 Å². The largest absolute Gasteiger partial charge is 0.353 e. The molecule has 1 saturated carbocycles. The predicted octanol–water partition coefficient (Wildman–Crippen LogP) is 4.62. The Bertz CT molecular complexity index is 614. The molecule has 5 heteroatoms. The van der Waals surface area contributed by atoms with Gasteiger partial charge in [0.05, 0.1) is 10.7 Å². The second-order valence-electron chi connectivity index (χ2n) is 7.29. The summed E-state index contributed by atoms with van der Waals surface area (Å²) in [5.41, 5.74) is 2.75. The van der Waals surface area contributed by atoms with Crippen LogP contribution in [0.3, 0.4) is 0 Å². The van der Waals surface area contributed by atoms with Crippen molar-refractivity contribution in [3.8, 4) is 0 Å². The lowest BCUT2D eigenvalue weighted by atomic mass is 9.81. The number of rotatable bonds is 5. The Balaban J connectivity index is 1.91. The first-order valence-corrected chi connectivity index (χ1v) is 9.57. The van der Waals surface area contributed by atoms with E-state index in [-0.39, 0.29) is 29.7 Å². The fourth-order valence-corrected chi connectivity index (χ4v) is 3.75.